The maximum atomic E-state index is 11.1. The first-order valence-electron chi connectivity index (χ1n) is 5.95. The van der Waals surface area contributed by atoms with Gasteiger partial charge in [0.2, 0.25) is 0 Å². The zero-order chi connectivity index (χ0) is 11.8. The van der Waals surface area contributed by atoms with E-state index in [1.165, 1.54) is 0 Å². The monoisotopic (exact) mass is 229 g/mol. The molecule has 1 fully saturated rings. The van der Waals surface area contributed by atoms with Crippen LogP contribution in [0.5, 0.6) is 0 Å². The average molecular weight is 229 g/mol. The molecule has 0 aliphatic carbocycles. The smallest absolute Gasteiger partial charge is 0.170 e. The van der Waals surface area contributed by atoms with Crippen LogP contribution in [-0.2, 0) is 0 Å². The molecule has 4 heteroatoms. The van der Waals surface area contributed by atoms with E-state index in [1.54, 1.807) is 0 Å². The number of aldehydes is 1. The fourth-order valence-corrected chi connectivity index (χ4v) is 2.59. The number of aryl methyl sites for hydroxylation is 1. The van der Waals surface area contributed by atoms with E-state index >= 15 is 0 Å². The molecule has 0 saturated carbocycles. The lowest BCUT2D eigenvalue weighted by Crippen LogP contribution is -2.10. The Morgan fingerprint density at radius 3 is 3.12 bits per heavy atom. The molecule has 0 spiro atoms. The van der Waals surface area contributed by atoms with E-state index < -0.39 is 0 Å². The molecule has 1 saturated heterocycles. The molecule has 0 aromatic carbocycles. The van der Waals surface area contributed by atoms with Gasteiger partial charge in [0.1, 0.15) is 11.5 Å². The summed E-state index contributed by atoms with van der Waals surface area (Å²) in [5, 5.41) is 3.34. The molecule has 1 aliphatic rings. The minimum absolute atomic E-state index is 0.414. The number of fused-ring (bicyclic) bond motifs is 1. The quantitative estimate of drug-likeness (QED) is 0.794. The van der Waals surface area contributed by atoms with Gasteiger partial charge in [0.05, 0.1) is 5.52 Å². The third-order valence-corrected chi connectivity index (χ3v) is 3.45. The molecule has 4 nitrogen and oxygen atoms in total. The van der Waals surface area contributed by atoms with Gasteiger partial charge in [-0.05, 0) is 32.0 Å². The van der Waals surface area contributed by atoms with Gasteiger partial charge >= 0.3 is 0 Å². The highest BCUT2D eigenvalue weighted by atomic mass is 16.1. The molecule has 2 aromatic rings. The zero-order valence-corrected chi connectivity index (χ0v) is 9.81. The van der Waals surface area contributed by atoms with E-state index in [0.29, 0.717) is 11.6 Å². The topological polar surface area (TPSA) is 46.4 Å². The van der Waals surface area contributed by atoms with Crippen LogP contribution in [0.2, 0.25) is 0 Å². The van der Waals surface area contributed by atoms with Crippen LogP contribution in [-0.4, -0.2) is 28.8 Å². The number of carbonyl (C=O) groups is 1. The van der Waals surface area contributed by atoms with Gasteiger partial charge in [-0.15, -0.1) is 0 Å². The Hall–Kier alpha value is -1.68. The van der Waals surface area contributed by atoms with E-state index in [1.807, 2.05) is 12.1 Å². The molecule has 1 atom stereocenters. The highest BCUT2D eigenvalue weighted by Crippen LogP contribution is 2.25. The Bertz CT molecular complexity index is 567. The molecule has 1 N–H and O–H groups in total. The van der Waals surface area contributed by atoms with E-state index in [4.69, 9.17) is 0 Å². The summed E-state index contributed by atoms with van der Waals surface area (Å²) in [6.45, 7) is 4.03. The van der Waals surface area contributed by atoms with Crippen molar-refractivity contribution in [1.82, 2.24) is 14.7 Å². The maximum Gasteiger partial charge on any atom is 0.170 e. The van der Waals surface area contributed by atoms with Gasteiger partial charge in [-0.2, -0.15) is 0 Å². The van der Waals surface area contributed by atoms with Gasteiger partial charge < -0.3 is 5.32 Å². The number of rotatable bonds is 2. The van der Waals surface area contributed by atoms with Crippen LogP contribution in [0, 0.1) is 6.92 Å². The fraction of sp³-hybridized carbons (Fsp3) is 0.385. The number of pyridine rings is 1. The molecule has 1 aliphatic heterocycles. The Balaban J connectivity index is 2.26. The van der Waals surface area contributed by atoms with E-state index in [-0.39, 0.29) is 0 Å². The predicted molar refractivity (Wildman–Crippen MR) is 65.5 cm³/mol. The molecule has 2 aromatic heterocycles. The summed E-state index contributed by atoms with van der Waals surface area (Å²) in [6, 6.07) is 5.97. The molecule has 1 unspecified atom stereocenters. The summed E-state index contributed by atoms with van der Waals surface area (Å²) in [4.78, 5) is 15.6. The van der Waals surface area contributed by atoms with Crippen LogP contribution in [0.3, 0.4) is 0 Å². The van der Waals surface area contributed by atoms with Crippen LogP contribution in [0.25, 0.3) is 5.52 Å². The van der Waals surface area contributed by atoms with Crippen molar-refractivity contribution in [1.29, 1.82) is 0 Å². The number of carbonyl (C=O) groups excluding carboxylic acids is 1. The third-order valence-electron chi connectivity index (χ3n) is 3.45. The summed E-state index contributed by atoms with van der Waals surface area (Å²) in [7, 11) is 0. The largest absolute Gasteiger partial charge is 0.316 e. The summed E-state index contributed by atoms with van der Waals surface area (Å²) in [6.07, 6.45) is 1.94. The predicted octanol–water partition coefficient (Wildman–Crippen LogP) is 1.53. The van der Waals surface area contributed by atoms with Crippen LogP contribution < -0.4 is 5.32 Å². The lowest BCUT2D eigenvalue weighted by Gasteiger charge is -2.09. The lowest BCUT2D eigenvalue weighted by atomic mass is 10.1. The van der Waals surface area contributed by atoms with Crippen molar-refractivity contribution in [3.05, 3.63) is 35.4 Å². The third kappa shape index (κ3) is 1.56. The minimum atomic E-state index is 0.414. The number of imidazole rings is 1. The van der Waals surface area contributed by atoms with Gasteiger partial charge in [0.15, 0.2) is 6.29 Å². The summed E-state index contributed by atoms with van der Waals surface area (Å²) in [5.41, 5.74) is 2.60. The number of nitrogens with one attached hydrogen (secondary N) is 1. The van der Waals surface area contributed by atoms with Crippen molar-refractivity contribution in [2.24, 2.45) is 0 Å². The fourth-order valence-electron chi connectivity index (χ4n) is 2.59. The SMILES string of the molecule is Cc1cccc2c(C=O)nc(C3CCNC3)n12. The van der Waals surface area contributed by atoms with E-state index in [0.717, 1.165) is 42.8 Å². The van der Waals surface area contributed by atoms with Crippen LogP contribution >= 0.6 is 0 Å². The molecule has 88 valence electrons. The second-order valence-corrected chi connectivity index (χ2v) is 4.55. The average Bonchev–Trinajstić information content (AvgIpc) is 2.95. The van der Waals surface area contributed by atoms with Crippen molar-refractivity contribution < 1.29 is 4.79 Å². The van der Waals surface area contributed by atoms with Crippen molar-refractivity contribution in [2.45, 2.75) is 19.3 Å². The molecule has 3 rings (SSSR count). The first-order valence-corrected chi connectivity index (χ1v) is 5.95. The Morgan fingerprint density at radius 2 is 2.41 bits per heavy atom. The van der Waals surface area contributed by atoms with Crippen molar-refractivity contribution in [3.8, 4) is 0 Å². The molecular weight excluding hydrogens is 214 g/mol. The molecule has 0 bridgehead atoms. The van der Waals surface area contributed by atoms with Gasteiger partial charge in [0, 0.05) is 18.2 Å². The molecule has 0 amide bonds. The van der Waals surface area contributed by atoms with Crippen LogP contribution in [0.1, 0.15) is 34.3 Å². The Kier molecular flexibility index (Phi) is 2.44. The number of nitrogens with zero attached hydrogens (tertiary/aromatic N) is 2. The van der Waals surface area contributed by atoms with Crippen LogP contribution in [0.4, 0.5) is 0 Å². The molecule has 0 radical (unpaired) electrons. The van der Waals surface area contributed by atoms with Gasteiger partial charge in [-0.25, -0.2) is 4.98 Å². The second-order valence-electron chi connectivity index (χ2n) is 4.55. The summed E-state index contributed by atoms with van der Waals surface area (Å²) >= 11 is 0. The first-order chi connectivity index (χ1) is 8.31. The normalized spacial score (nSPS) is 19.9. The highest BCUT2D eigenvalue weighted by molar-refractivity contribution is 5.84. The minimum Gasteiger partial charge on any atom is -0.316 e. The summed E-state index contributed by atoms with van der Waals surface area (Å²) in [5.74, 6) is 1.43. The second kappa shape index (κ2) is 3.96. The first kappa shape index (κ1) is 10.5. The van der Waals surface area contributed by atoms with Crippen molar-refractivity contribution in [2.75, 3.05) is 13.1 Å². The van der Waals surface area contributed by atoms with Gasteiger partial charge in [-0.3, -0.25) is 9.20 Å². The van der Waals surface area contributed by atoms with E-state index in [2.05, 4.69) is 27.7 Å². The van der Waals surface area contributed by atoms with Crippen molar-refractivity contribution in [3.63, 3.8) is 0 Å². The van der Waals surface area contributed by atoms with Crippen molar-refractivity contribution >= 4 is 11.8 Å². The zero-order valence-electron chi connectivity index (χ0n) is 9.81. The number of hydrogen-bond donors (Lipinski definition) is 1. The molecule has 17 heavy (non-hydrogen) atoms. The summed E-state index contributed by atoms with van der Waals surface area (Å²) < 4.78 is 2.11. The maximum absolute atomic E-state index is 11.1. The number of hydrogen-bond acceptors (Lipinski definition) is 3. The molecular formula is C13H15N3O. The Morgan fingerprint density at radius 1 is 1.53 bits per heavy atom. The van der Waals surface area contributed by atoms with Gasteiger partial charge in [0.25, 0.3) is 0 Å². The van der Waals surface area contributed by atoms with Crippen LogP contribution in [0.15, 0.2) is 18.2 Å². The number of aromatic nitrogens is 2. The van der Waals surface area contributed by atoms with Gasteiger partial charge in [-0.1, -0.05) is 6.07 Å². The van der Waals surface area contributed by atoms with E-state index in [9.17, 15) is 4.79 Å². The lowest BCUT2D eigenvalue weighted by molar-refractivity contribution is 0.112. The molecule has 3 heterocycles. The Labute approximate surface area is 99.7 Å². The highest BCUT2D eigenvalue weighted by Gasteiger charge is 2.23. The standard InChI is InChI=1S/C13H15N3O/c1-9-3-2-4-12-11(8-17)15-13(16(9)12)10-5-6-14-7-10/h2-4,8,10,14H,5-7H2,1H3.